The van der Waals surface area contributed by atoms with Crippen LogP contribution in [-0.4, -0.2) is 61.8 Å². The van der Waals surface area contributed by atoms with Gasteiger partial charge in [-0.25, -0.2) is 9.50 Å². The van der Waals surface area contributed by atoms with E-state index in [1.165, 1.54) is 78.8 Å². The van der Waals surface area contributed by atoms with Crippen molar-refractivity contribution >= 4 is 16.7 Å². The number of fused-ring (bicyclic) bond motifs is 2. The van der Waals surface area contributed by atoms with E-state index in [4.69, 9.17) is 9.72 Å². The number of H-pyrrole nitrogens is 1. The summed E-state index contributed by atoms with van der Waals surface area (Å²) in [6.07, 6.45) is 10.0. The van der Waals surface area contributed by atoms with E-state index in [2.05, 4.69) is 66.0 Å². The maximum absolute atomic E-state index is 5.69. The van der Waals surface area contributed by atoms with Gasteiger partial charge in [0.15, 0.2) is 5.65 Å². The Morgan fingerprint density at radius 1 is 1.08 bits per heavy atom. The second-order valence-electron chi connectivity index (χ2n) is 12.2. The number of aromatic nitrogens is 5. The Balaban J connectivity index is 1.16. The number of likely N-dealkylation sites (tertiary alicyclic amines) is 1. The van der Waals surface area contributed by atoms with Gasteiger partial charge < -0.3 is 9.72 Å². The molecule has 3 aliphatic rings. The molecule has 0 amide bonds. The highest BCUT2D eigenvalue weighted by molar-refractivity contribution is 5.89. The number of rotatable bonds is 4. The summed E-state index contributed by atoms with van der Waals surface area (Å²) in [7, 11) is 0. The molecule has 194 valence electrons. The maximum Gasteiger partial charge on any atom is 0.158 e. The quantitative estimate of drug-likeness (QED) is 0.387. The first-order chi connectivity index (χ1) is 17.9. The monoisotopic (exact) mass is 498 g/mol. The zero-order valence-corrected chi connectivity index (χ0v) is 22.5. The van der Waals surface area contributed by atoms with E-state index in [0.717, 1.165) is 35.9 Å². The summed E-state index contributed by atoms with van der Waals surface area (Å²) < 4.78 is 7.58. The normalized spacial score (nSPS) is 24.0. The van der Waals surface area contributed by atoms with Crippen LogP contribution in [0.4, 0.5) is 0 Å². The number of ether oxygens (including phenoxy) is 1. The summed E-state index contributed by atoms with van der Waals surface area (Å²) >= 11 is 0. The number of aryl methyl sites for hydroxylation is 1. The maximum atomic E-state index is 5.69. The van der Waals surface area contributed by atoms with Gasteiger partial charge in [0.05, 0.1) is 23.3 Å². The smallest absolute Gasteiger partial charge is 0.158 e. The fourth-order valence-electron chi connectivity index (χ4n) is 7.27. The second-order valence-corrected chi connectivity index (χ2v) is 12.2. The average Bonchev–Trinajstić information content (AvgIpc) is 3.63. The van der Waals surface area contributed by atoms with Gasteiger partial charge in [-0.3, -0.25) is 9.88 Å². The second kappa shape index (κ2) is 8.63. The average molecular weight is 499 g/mol. The Bertz CT molecular complexity index is 1460. The lowest BCUT2D eigenvalue weighted by Gasteiger charge is -2.52. The fraction of sp³-hybridized carbons (Fsp3) is 0.567. The molecule has 0 bridgehead atoms. The van der Waals surface area contributed by atoms with Crippen LogP contribution < -0.4 is 0 Å². The molecule has 1 N–H and O–H groups in total. The van der Waals surface area contributed by atoms with Crippen molar-refractivity contribution < 1.29 is 4.74 Å². The van der Waals surface area contributed by atoms with Crippen LogP contribution in [0.2, 0.25) is 0 Å². The van der Waals surface area contributed by atoms with Gasteiger partial charge in [0.2, 0.25) is 0 Å². The fourth-order valence-corrected chi connectivity index (χ4v) is 7.27. The number of aromatic amines is 1. The molecule has 4 aromatic heterocycles. The molecule has 1 aliphatic carbocycles. The van der Waals surface area contributed by atoms with E-state index in [1.807, 2.05) is 4.52 Å². The molecule has 1 saturated carbocycles. The van der Waals surface area contributed by atoms with Crippen molar-refractivity contribution in [1.29, 1.82) is 0 Å². The minimum absolute atomic E-state index is 0.353. The topological polar surface area (TPSA) is 71.3 Å². The van der Waals surface area contributed by atoms with Crippen LogP contribution in [0, 0.1) is 19.3 Å². The minimum Gasteiger partial charge on any atom is -0.381 e. The number of hydrogen-bond donors (Lipinski definition) is 1. The molecule has 0 unspecified atom stereocenters. The number of hydrogen-bond acceptors (Lipinski definition) is 5. The molecule has 7 nitrogen and oxygen atoms in total. The molecule has 2 saturated heterocycles. The Morgan fingerprint density at radius 2 is 1.89 bits per heavy atom. The predicted octanol–water partition coefficient (Wildman–Crippen LogP) is 5.76. The SMILES string of the molecule is Cc1c(-c2[nH]c3ccc(C4CCC(N5CC6(CCOC6)C5)CC4)nc3c2C(C)C)cn2ncnc2c1C. The number of nitrogens with zero attached hydrogens (tertiary/aromatic N) is 5. The first kappa shape index (κ1) is 23.4. The third kappa shape index (κ3) is 3.73. The van der Waals surface area contributed by atoms with Gasteiger partial charge in [0.1, 0.15) is 6.33 Å². The van der Waals surface area contributed by atoms with E-state index in [-0.39, 0.29) is 0 Å². The van der Waals surface area contributed by atoms with Crippen molar-refractivity contribution in [2.45, 2.75) is 77.7 Å². The lowest BCUT2D eigenvalue weighted by Crippen LogP contribution is -2.60. The van der Waals surface area contributed by atoms with E-state index in [1.54, 1.807) is 6.33 Å². The third-order valence-corrected chi connectivity index (χ3v) is 9.57. The Morgan fingerprint density at radius 3 is 2.62 bits per heavy atom. The molecule has 7 rings (SSSR count). The number of nitrogens with one attached hydrogen (secondary N) is 1. The first-order valence-corrected chi connectivity index (χ1v) is 14.1. The molecule has 4 aromatic rings. The lowest BCUT2D eigenvalue weighted by atomic mass is 9.75. The van der Waals surface area contributed by atoms with Crippen LogP contribution in [-0.2, 0) is 4.74 Å². The first-order valence-electron chi connectivity index (χ1n) is 14.1. The van der Waals surface area contributed by atoms with Crippen LogP contribution in [0.5, 0.6) is 0 Å². The zero-order valence-electron chi connectivity index (χ0n) is 22.5. The highest BCUT2D eigenvalue weighted by Gasteiger charge is 2.48. The Hall–Kier alpha value is -2.77. The molecule has 2 aliphatic heterocycles. The molecular weight excluding hydrogens is 460 g/mol. The van der Waals surface area contributed by atoms with Crippen LogP contribution >= 0.6 is 0 Å². The molecule has 3 fully saturated rings. The summed E-state index contributed by atoms with van der Waals surface area (Å²) in [4.78, 5) is 16.2. The van der Waals surface area contributed by atoms with E-state index in [0.29, 0.717) is 17.3 Å². The summed E-state index contributed by atoms with van der Waals surface area (Å²) in [5.41, 5.74) is 11.0. The molecule has 0 aromatic carbocycles. The Labute approximate surface area is 218 Å². The van der Waals surface area contributed by atoms with Crippen molar-refractivity contribution in [2.75, 3.05) is 26.3 Å². The summed E-state index contributed by atoms with van der Waals surface area (Å²) in [5.74, 6) is 0.909. The molecule has 7 heteroatoms. The van der Waals surface area contributed by atoms with Crippen LogP contribution in [0.3, 0.4) is 0 Å². The van der Waals surface area contributed by atoms with E-state index in [9.17, 15) is 0 Å². The minimum atomic E-state index is 0.353. The third-order valence-electron chi connectivity index (χ3n) is 9.57. The van der Waals surface area contributed by atoms with Crippen LogP contribution in [0.1, 0.15) is 80.2 Å². The largest absolute Gasteiger partial charge is 0.381 e. The van der Waals surface area contributed by atoms with Crippen molar-refractivity contribution in [1.82, 2.24) is 29.5 Å². The van der Waals surface area contributed by atoms with Gasteiger partial charge >= 0.3 is 0 Å². The highest BCUT2D eigenvalue weighted by atomic mass is 16.5. The van der Waals surface area contributed by atoms with Gasteiger partial charge in [-0.2, -0.15) is 5.10 Å². The van der Waals surface area contributed by atoms with Crippen molar-refractivity contribution in [2.24, 2.45) is 5.41 Å². The van der Waals surface area contributed by atoms with E-state index < -0.39 is 0 Å². The molecule has 1 spiro atoms. The molecular formula is C30H38N6O. The molecule has 0 radical (unpaired) electrons. The van der Waals surface area contributed by atoms with Crippen molar-refractivity contribution in [3.8, 4) is 11.3 Å². The highest BCUT2D eigenvalue weighted by Crippen LogP contribution is 2.44. The van der Waals surface area contributed by atoms with E-state index >= 15 is 0 Å². The molecule has 0 atom stereocenters. The van der Waals surface area contributed by atoms with Crippen LogP contribution in [0.15, 0.2) is 24.7 Å². The molecule has 37 heavy (non-hydrogen) atoms. The van der Waals surface area contributed by atoms with Crippen molar-refractivity contribution in [3.05, 3.63) is 47.0 Å². The summed E-state index contributed by atoms with van der Waals surface area (Å²) in [6.45, 7) is 13.3. The number of pyridine rings is 2. The zero-order chi connectivity index (χ0) is 25.3. The van der Waals surface area contributed by atoms with Gasteiger partial charge in [-0.05, 0) is 75.1 Å². The van der Waals surface area contributed by atoms with Crippen molar-refractivity contribution in [3.63, 3.8) is 0 Å². The van der Waals surface area contributed by atoms with Crippen LogP contribution in [0.25, 0.3) is 27.9 Å². The standard InChI is InChI=1S/C30H38N6O/c1-18(2)26-27(23-13-36-29(31-17-32-36)20(4)19(23)3)34-25-10-9-24(33-28(25)26)21-5-7-22(8-6-21)35-14-30(15-35)11-12-37-16-30/h9-10,13,17-18,21-22,34H,5-8,11-12,14-16H2,1-4H3. The van der Waals surface area contributed by atoms with Gasteiger partial charge in [0.25, 0.3) is 0 Å². The summed E-state index contributed by atoms with van der Waals surface area (Å²) in [5, 5.41) is 4.43. The summed E-state index contributed by atoms with van der Waals surface area (Å²) in [6, 6.07) is 5.27. The van der Waals surface area contributed by atoms with Gasteiger partial charge in [-0.1, -0.05) is 13.8 Å². The lowest BCUT2D eigenvalue weighted by molar-refractivity contribution is -0.0457. The predicted molar refractivity (Wildman–Crippen MR) is 146 cm³/mol. The Kier molecular flexibility index (Phi) is 5.45. The van der Waals surface area contributed by atoms with Gasteiger partial charge in [0, 0.05) is 60.1 Å². The van der Waals surface area contributed by atoms with Gasteiger partial charge in [-0.15, -0.1) is 0 Å². The molecule has 6 heterocycles.